The molecule has 0 atom stereocenters. The van der Waals surface area contributed by atoms with Crippen molar-refractivity contribution in [3.63, 3.8) is 0 Å². The number of ether oxygens (including phenoxy) is 3. The first-order valence-corrected chi connectivity index (χ1v) is 8.90. The summed E-state index contributed by atoms with van der Waals surface area (Å²) < 4.78 is 44.6. The largest absolute Gasteiger partial charge is 0.488 e. The molecule has 0 bridgehead atoms. The monoisotopic (exact) mass is 416 g/mol. The van der Waals surface area contributed by atoms with Gasteiger partial charge in [-0.05, 0) is 31.2 Å². The molecule has 1 aromatic heterocycles. The van der Waals surface area contributed by atoms with E-state index in [-0.39, 0.29) is 29.1 Å². The molecule has 9 heteroatoms. The van der Waals surface area contributed by atoms with Crippen molar-refractivity contribution in [2.75, 3.05) is 20.8 Å². The lowest BCUT2D eigenvalue weighted by Gasteiger charge is -2.08. The molecule has 0 aliphatic rings. The predicted octanol–water partition coefficient (Wildman–Crippen LogP) is 3.79. The molecular weight excluding hydrogens is 398 g/mol. The third-order valence-electron chi connectivity index (χ3n) is 4.21. The van der Waals surface area contributed by atoms with Gasteiger partial charge in [0.05, 0.1) is 26.5 Å². The van der Waals surface area contributed by atoms with E-state index in [2.05, 4.69) is 5.10 Å². The smallest absolute Gasteiger partial charge is 0.357 e. The number of rotatable bonds is 6. The van der Waals surface area contributed by atoms with Gasteiger partial charge in [0.25, 0.3) is 0 Å². The van der Waals surface area contributed by atoms with Crippen LogP contribution >= 0.6 is 0 Å². The minimum atomic E-state index is -0.975. The summed E-state index contributed by atoms with van der Waals surface area (Å²) in [4.78, 5) is 25.0. The van der Waals surface area contributed by atoms with Crippen LogP contribution in [0.2, 0.25) is 0 Å². The van der Waals surface area contributed by atoms with Crippen molar-refractivity contribution in [3.05, 3.63) is 65.4 Å². The van der Waals surface area contributed by atoms with Crippen molar-refractivity contribution < 1.29 is 32.6 Å². The fraction of sp³-hybridized carbons (Fsp3) is 0.190. The second kappa shape index (κ2) is 8.73. The average molecular weight is 416 g/mol. The molecule has 0 aliphatic heterocycles. The second-order valence-corrected chi connectivity index (χ2v) is 6.00. The normalized spacial score (nSPS) is 10.6. The van der Waals surface area contributed by atoms with Crippen molar-refractivity contribution in [1.82, 2.24) is 9.78 Å². The van der Waals surface area contributed by atoms with Gasteiger partial charge >= 0.3 is 11.9 Å². The Morgan fingerprint density at radius 3 is 2.13 bits per heavy atom. The van der Waals surface area contributed by atoms with Gasteiger partial charge in [-0.25, -0.2) is 23.1 Å². The maximum absolute atomic E-state index is 14.4. The van der Waals surface area contributed by atoms with E-state index in [0.29, 0.717) is 5.69 Å². The Bertz CT molecular complexity index is 1070. The quantitative estimate of drug-likeness (QED) is 0.569. The van der Waals surface area contributed by atoms with Crippen molar-refractivity contribution in [1.29, 1.82) is 0 Å². The van der Waals surface area contributed by atoms with Gasteiger partial charge in [0, 0.05) is 5.56 Å². The highest BCUT2D eigenvalue weighted by Crippen LogP contribution is 2.33. The van der Waals surface area contributed by atoms with E-state index in [4.69, 9.17) is 14.2 Å². The summed E-state index contributed by atoms with van der Waals surface area (Å²) in [5.41, 5.74) is -0.307. The van der Waals surface area contributed by atoms with Gasteiger partial charge < -0.3 is 14.2 Å². The van der Waals surface area contributed by atoms with Gasteiger partial charge in [-0.1, -0.05) is 18.2 Å². The summed E-state index contributed by atoms with van der Waals surface area (Å²) in [5.74, 6) is -4.28. The molecule has 0 unspecified atom stereocenters. The van der Waals surface area contributed by atoms with E-state index in [9.17, 15) is 18.4 Å². The summed E-state index contributed by atoms with van der Waals surface area (Å²) >= 11 is 0. The minimum Gasteiger partial charge on any atom is -0.488 e. The van der Waals surface area contributed by atoms with Crippen LogP contribution in [0.15, 0.2) is 42.5 Å². The van der Waals surface area contributed by atoms with Crippen molar-refractivity contribution in [2.45, 2.75) is 6.92 Å². The summed E-state index contributed by atoms with van der Waals surface area (Å²) in [6.45, 7) is 1.65. The molecule has 0 N–H and O–H groups in total. The molecule has 7 nitrogen and oxygen atoms in total. The number of benzene rings is 2. The fourth-order valence-corrected chi connectivity index (χ4v) is 2.94. The number of halogens is 2. The van der Waals surface area contributed by atoms with E-state index >= 15 is 0 Å². The van der Waals surface area contributed by atoms with Gasteiger partial charge in [-0.15, -0.1) is 0 Å². The third-order valence-corrected chi connectivity index (χ3v) is 4.21. The Kier molecular flexibility index (Phi) is 6.10. The van der Waals surface area contributed by atoms with Crippen LogP contribution in [-0.4, -0.2) is 42.5 Å². The number of nitrogens with zero attached hydrogens (tertiary/aromatic N) is 2. The Hall–Kier alpha value is -3.75. The van der Waals surface area contributed by atoms with Gasteiger partial charge in [-0.2, -0.15) is 5.10 Å². The molecule has 0 aliphatic carbocycles. The standard InChI is InChI=1S/C21H18F2N2O5/c1-4-30-19-14(22)10-12(11-15(19)23)17-16(20(26)28-2)18(21(27)29-3)25(24-17)13-8-6-5-7-9-13/h5-11H,4H2,1-3H3. The van der Waals surface area contributed by atoms with E-state index < -0.39 is 29.3 Å². The molecular formula is C21H18F2N2O5. The Morgan fingerprint density at radius 2 is 1.60 bits per heavy atom. The molecule has 30 heavy (non-hydrogen) atoms. The molecule has 2 aromatic carbocycles. The van der Waals surface area contributed by atoms with Gasteiger partial charge in [0.1, 0.15) is 11.3 Å². The number of esters is 2. The van der Waals surface area contributed by atoms with Crippen LogP contribution in [0.25, 0.3) is 16.9 Å². The number of para-hydroxylation sites is 1. The number of carbonyl (C=O) groups excluding carboxylic acids is 2. The van der Waals surface area contributed by atoms with Crippen LogP contribution in [0, 0.1) is 11.6 Å². The lowest BCUT2D eigenvalue weighted by atomic mass is 10.0. The van der Waals surface area contributed by atoms with E-state index in [0.717, 1.165) is 26.4 Å². The van der Waals surface area contributed by atoms with Crippen molar-refractivity contribution in [3.8, 4) is 22.7 Å². The molecule has 0 saturated heterocycles. The summed E-state index contributed by atoms with van der Waals surface area (Å²) in [6.07, 6.45) is 0. The maximum Gasteiger partial charge on any atom is 0.357 e. The second-order valence-electron chi connectivity index (χ2n) is 6.00. The van der Waals surface area contributed by atoms with Crippen LogP contribution in [0.5, 0.6) is 5.75 Å². The molecule has 3 rings (SSSR count). The van der Waals surface area contributed by atoms with Crippen LogP contribution in [0.3, 0.4) is 0 Å². The van der Waals surface area contributed by atoms with Gasteiger partial charge in [-0.3, -0.25) is 0 Å². The van der Waals surface area contributed by atoms with Gasteiger partial charge in [0.2, 0.25) is 0 Å². The topological polar surface area (TPSA) is 79.7 Å². The molecule has 156 valence electrons. The number of carbonyl (C=O) groups is 2. The summed E-state index contributed by atoms with van der Waals surface area (Å²) in [6, 6.07) is 10.4. The van der Waals surface area contributed by atoms with Crippen LogP contribution in [-0.2, 0) is 9.47 Å². The van der Waals surface area contributed by atoms with Crippen molar-refractivity contribution >= 4 is 11.9 Å². The van der Waals surface area contributed by atoms with Gasteiger partial charge in [0.15, 0.2) is 23.1 Å². The third kappa shape index (κ3) is 3.73. The Labute approximate surface area is 170 Å². The average Bonchev–Trinajstić information content (AvgIpc) is 3.16. The highest BCUT2D eigenvalue weighted by molar-refractivity contribution is 6.06. The first kappa shape index (κ1) is 21.0. The zero-order valence-corrected chi connectivity index (χ0v) is 16.4. The van der Waals surface area contributed by atoms with E-state index in [1.807, 2.05) is 0 Å². The first-order chi connectivity index (χ1) is 14.4. The van der Waals surface area contributed by atoms with Crippen molar-refractivity contribution in [2.24, 2.45) is 0 Å². The Morgan fingerprint density at radius 1 is 1.00 bits per heavy atom. The molecule has 0 saturated carbocycles. The highest BCUT2D eigenvalue weighted by Gasteiger charge is 2.32. The molecule has 1 heterocycles. The van der Waals surface area contributed by atoms with Crippen LogP contribution in [0.1, 0.15) is 27.8 Å². The predicted molar refractivity (Wildman–Crippen MR) is 103 cm³/mol. The van der Waals surface area contributed by atoms with Crippen LogP contribution < -0.4 is 4.74 Å². The maximum atomic E-state index is 14.4. The lowest BCUT2D eigenvalue weighted by Crippen LogP contribution is -2.15. The summed E-state index contributed by atoms with van der Waals surface area (Å²) in [5, 5.41) is 4.29. The van der Waals surface area contributed by atoms with E-state index in [1.165, 1.54) is 4.68 Å². The molecule has 0 amide bonds. The molecule has 0 radical (unpaired) electrons. The SMILES string of the molecule is CCOc1c(F)cc(-c2nn(-c3ccccc3)c(C(=O)OC)c2C(=O)OC)cc1F. The lowest BCUT2D eigenvalue weighted by molar-refractivity contribution is 0.0549. The minimum absolute atomic E-state index is 0.0652. The fourth-order valence-electron chi connectivity index (χ4n) is 2.94. The first-order valence-electron chi connectivity index (χ1n) is 8.90. The summed E-state index contributed by atoms with van der Waals surface area (Å²) in [7, 11) is 2.26. The van der Waals surface area contributed by atoms with Crippen LogP contribution in [0.4, 0.5) is 8.78 Å². The molecule has 0 spiro atoms. The number of aromatic nitrogens is 2. The number of hydrogen-bond donors (Lipinski definition) is 0. The zero-order valence-electron chi connectivity index (χ0n) is 16.4. The number of methoxy groups -OCH3 is 2. The molecule has 3 aromatic rings. The Balaban J connectivity index is 2.33. The van der Waals surface area contributed by atoms with E-state index in [1.54, 1.807) is 37.3 Å². The molecule has 0 fully saturated rings. The number of hydrogen-bond acceptors (Lipinski definition) is 6. The zero-order chi connectivity index (χ0) is 21.8. The highest BCUT2D eigenvalue weighted by atomic mass is 19.1.